The first-order valence-corrected chi connectivity index (χ1v) is 6.51. The molecule has 0 radical (unpaired) electrons. The van der Waals surface area contributed by atoms with E-state index < -0.39 is 0 Å². The van der Waals surface area contributed by atoms with Gasteiger partial charge in [-0.1, -0.05) is 0 Å². The Morgan fingerprint density at radius 1 is 0.778 bits per heavy atom. The van der Waals surface area contributed by atoms with E-state index in [0.29, 0.717) is 0 Å². The van der Waals surface area contributed by atoms with E-state index in [1.165, 1.54) is 64.5 Å². The van der Waals surface area contributed by atoms with Crippen molar-refractivity contribution in [1.29, 1.82) is 0 Å². The molecule has 1 saturated carbocycles. The van der Waals surface area contributed by atoms with Crippen LogP contribution in [0, 0.1) is 29.4 Å². The van der Waals surface area contributed by atoms with Crippen molar-refractivity contribution < 1.29 is 29.4 Å². The zero-order valence-electron chi connectivity index (χ0n) is 6.03. The van der Waals surface area contributed by atoms with Gasteiger partial charge in [-0.25, -0.2) is 0 Å². The van der Waals surface area contributed by atoms with Crippen LogP contribution < -0.4 is 0 Å². The number of rotatable bonds is 0. The maximum absolute atomic E-state index is 1.56. The molecule has 9 heavy (non-hydrogen) atoms. The Labute approximate surface area is 77.0 Å². The molecular formula is C8H15U. The Balaban J connectivity index is 2.12. The molecule has 0 aliphatic heterocycles. The molecule has 0 aromatic rings. The van der Waals surface area contributed by atoms with Crippen LogP contribution >= 0.6 is 0 Å². The molecule has 0 heterocycles. The summed E-state index contributed by atoms with van der Waals surface area (Å²) in [4.78, 5) is 0. The topological polar surface area (TPSA) is 0 Å². The molecule has 0 aromatic carbocycles. The summed E-state index contributed by atoms with van der Waals surface area (Å²) in [6.07, 6.45) is 10.7. The average molecular weight is 349 g/mol. The second-order valence-electron chi connectivity index (χ2n) is 3.04. The van der Waals surface area contributed by atoms with Gasteiger partial charge in [-0.2, -0.15) is 0 Å². The van der Waals surface area contributed by atoms with Crippen LogP contribution in [0.2, 0.25) is 2.95 Å². The van der Waals surface area contributed by atoms with Crippen LogP contribution in [-0.4, -0.2) is 0 Å². The van der Waals surface area contributed by atoms with E-state index in [0.717, 1.165) is 0 Å². The minimum absolute atomic E-state index is 1.19. The van der Waals surface area contributed by atoms with E-state index in [-0.39, 0.29) is 0 Å². The summed E-state index contributed by atoms with van der Waals surface area (Å²) in [6.45, 7) is 0. The molecule has 51 valence electrons. The van der Waals surface area contributed by atoms with Crippen molar-refractivity contribution in [2.75, 3.05) is 0 Å². The summed E-state index contributed by atoms with van der Waals surface area (Å²) in [5.41, 5.74) is 0. The van der Waals surface area contributed by atoms with E-state index in [1.807, 2.05) is 0 Å². The van der Waals surface area contributed by atoms with Gasteiger partial charge in [0.2, 0.25) is 0 Å². The Hall–Kier alpha value is 1.05. The molecule has 0 spiro atoms. The molecule has 0 bridgehead atoms. The van der Waals surface area contributed by atoms with Gasteiger partial charge in [0.15, 0.2) is 0 Å². The summed E-state index contributed by atoms with van der Waals surface area (Å²) < 4.78 is 1.19. The van der Waals surface area contributed by atoms with Crippen molar-refractivity contribution in [2.24, 2.45) is 0 Å². The Kier molecular flexibility index (Phi) is 4.35. The number of hydrogen-bond acceptors (Lipinski definition) is 0. The van der Waals surface area contributed by atoms with Crippen LogP contribution in [0.25, 0.3) is 0 Å². The molecule has 0 aromatic heterocycles. The Morgan fingerprint density at radius 3 is 1.78 bits per heavy atom. The first-order chi connectivity index (χ1) is 4.39. The van der Waals surface area contributed by atoms with E-state index in [4.69, 9.17) is 0 Å². The molecule has 0 N–H and O–H groups in total. The average Bonchev–Trinajstić information content (AvgIpc) is 1.79. The summed E-state index contributed by atoms with van der Waals surface area (Å²) in [5, 5.41) is 0. The third-order valence-electron chi connectivity index (χ3n) is 2.11. The fraction of sp³-hybridized carbons (Fsp3) is 1.00. The van der Waals surface area contributed by atoms with Crippen molar-refractivity contribution >= 4 is 0 Å². The molecule has 0 nitrogen and oxygen atoms in total. The van der Waals surface area contributed by atoms with Gasteiger partial charge in [0.05, 0.1) is 0 Å². The second kappa shape index (κ2) is 4.80. The quantitative estimate of drug-likeness (QED) is 0.631. The Bertz CT molecular complexity index is 63.0. The SMILES string of the molecule is [U][CH]1CCCCCCC1. The number of hydrogen-bond donors (Lipinski definition) is 0. The second-order valence-corrected chi connectivity index (χ2v) is 6.44. The molecule has 0 saturated heterocycles. The van der Waals surface area contributed by atoms with Gasteiger partial charge in [-0.3, -0.25) is 0 Å². The van der Waals surface area contributed by atoms with Gasteiger partial charge < -0.3 is 0 Å². The van der Waals surface area contributed by atoms with Crippen LogP contribution in [0.15, 0.2) is 0 Å². The predicted molar refractivity (Wildman–Crippen MR) is 36.1 cm³/mol. The Morgan fingerprint density at radius 2 is 1.22 bits per heavy atom. The third-order valence-corrected chi connectivity index (χ3v) is 4.51. The fourth-order valence-electron chi connectivity index (χ4n) is 1.46. The monoisotopic (exact) mass is 349 g/mol. The third kappa shape index (κ3) is 3.69. The van der Waals surface area contributed by atoms with Gasteiger partial charge >= 0.3 is 77.3 Å². The van der Waals surface area contributed by atoms with Crippen LogP contribution in [-0.2, 0) is 0 Å². The van der Waals surface area contributed by atoms with Crippen LogP contribution in [0.1, 0.15) is 44.9 Å². The molecule has 0 atom stereocenters. The zero-order valence-corrected chi connectivity index (χ0v) is 10.2. The van der Waals surface area contributed by atoms with E-state index in [2.05, 4.69) is 0 Å². The van der Waals surface area contributed by atoms with E-state index in [9.17, 15) is 0 Å². The normalized spacial score (nSPS) is 25.1. The molecular weight excluding hydrogens is 334 g/mol. The zero-order chi connectivity index (χ0) is 6.53. The molecule has 0 amide bonds. The molecule has 1 heteroatoms. The maximum atomic E-state index is 1.56. The van der Waals surface area contributed by atoms with Gasteiger partial charge in [0, 0.05) is 0 Å². The van der Waals surface area contributed by atoms with Gasteiger partial charge in [-0.05, 0) is 0 Å². The summed E-state index contributed by atoms with van der Waals surface area (Å²) in [7, 11) is 0. The fourth-order valence-corrected chi connectivity index (χ4v) is 3.16. The van der Waals surface area contributed by atoms with Crippen molar-refractivity contribution in [2.45, 2.75) is 47.9 Å². The van der Waals surface area contributed by atoms with Crippen molar-refractivity contribution in [1.82, 2.24) is 0 Å². The summed E-state index contributed by atoms with van der Waals surface area (Å²) in [5.74, 6) is 0. The standard InChI is InChI=1S/C8H15.U/c1-2-4-6-8-7-5-3-1;/h1H,2-8H2;. The van der Waals surface area contributed by atoms with Crippen molar-refractivity contribution in [3.05, 3.63) is 0 Å². The van der Waals surface area contributed by atoms with Gasteiger partial charge in [0.1, 0.15) is 0 Å². The molecule has 1 rings (SSSR count). The summed E-state index contributed by atoms with van der Waals surface area (Å²) in [6, 6.07) is 0. The van der Waals surface area contributed by atoms with E-state index in [1.54, 1.807) is 12.8 Å². The van der Waals surface area contributed by atoms with Crippen LogP contribution in [0.3, 0.4) is 0 Å². The molecule has 0 unspecified atom stereocenters. The van der Waals surface area contributed by atoms with Gasteiger partial charge in [-0.15, -0.1) is 0 Å². The van der Waals surface area contributed by atoms with Crippen molar-refractivity contribution in [3.63, 3.8) is 0 Å². The minimum atomic E-state index is 1.19. The van der Waals surface area contributed by atoms with Gasteiger partial charge in [0.25, 0.3) is 0 Å². The van der Waals surface area contributed by atoms with Crippen LogP contribution in [0.4, 0.5) is 0 Å². The predicted octanol–water partition coefficient (Wildman–Crippen LogP) is 3.07. The van der Waals surface area contributed by atoms with Crippen molar-refractivity contribution in [3.8, 4) is 0 Å². The van der Waals surface area contributed by atoms with Crippen LogP contribution in [0.5, 0.6) is 0 Å². The molecule has 1 aliphatic rings. The first kappa shape index (κ1) is 8.15. The van der Waals surface area contributed by atoms with E-state index >= 15 is 0 Å². The first-order valence-electron chi connectivity index (χ1n) is 4.11. The molecule has 1 aliphatic carbocycles. The molecule has 1 fully saturated rings. The summed E-state index contributed by atoms with van der Waals surface area (Å²) >= 11 is 1.25.